The van der Waals surface area contributed by atoms with E-state index in [4.69, 9.17) is 4.18 Å². The molecule has 1 aromatic rings. The zero-order valence-electron chi connectivity index (χ0n) is 9.38. The summed E-state index contributed by atoms with van der Waals surface area (Å²) in [5.74, 6) is 0. The van der Waals surface area contributed by atoms with E-state index in [1.165, 1.54) is 12.1 Å². The summed E-state index contributed by atoms with van der Waals surface area (Å²) >= 11 is 0. The van der Waals surface area contributed by atoms with Gasteiger partial charge in [-0.15, -0.1) is 0 Å². The number of hydrogen-bond acceptors (Lipinski definition) is 3. The van der Waals surface area contributed by atoms with Crippen molar-refractivity contribution in [2.24, 2.45) is 0 Å². The van der Waals surface area contributed by atoms with Gasteiger partial charge in [-0.25, -0.2) is 4.39 Å². The maximum Gasteiger partial charge on any atom is 0.297 e. The highest BCUT2D eigenvalue weighted by molar-refractivity contribution is 7.86. The summed E-state index contributed by atoms with van der Waals surface area (Å²) in [5.41, 5.74) is 0. The van der Waals surface area contributed by atoms with Gasteiger partial charge < -0.3 is 0 Å². The molecule has 2 rings (SSSR count). The van der Waals surface area contributed by atoms with Crippen LogP contribution in [0, 0.1) is 0 Å². The average molecular weight is 258 g/mol. The van der Waals surface area contributed by atoms with E-state index in [1.807, 2.05) is 0 Å². The number of halogens is 1. The van der Waals surface area contributed by atoms with E-state index in [1.54, 1.807) is 18.2 Å². The zero-order chi connectivity index (χ0) is 12.3. The molecule has 94 valence electrons. The van der Waals surface area contributed by atoms with Crippen LogP contribution in [-0.2, 0) is 14.3 Å². The zero-order valence-corrected chi connectivity index (χ0v) is 10.2. The standard InChI is InChI=1S/C12H15FO3S/c13-11-8-4-5-9-12(11)16-17(14,15)10-6-2-1-3-7-10/h1-3,6-7,11-12H,4-5,8-9H2. The van der Waals surface area contributed by atoms with Gasteiger partial charge in [0.2, 0.25) is 0 Å². The fourth-order valence-corrected chi connectivity index (χ4v) is 3.11. The third kappa shape index (κ3) is 3.04. The molecule has 3 nitrogen and oxygen atoms in total. The summed E-state index contributed by atoms with van der Waals surface area (Å²) in [6.45, 7) is 0. The van der Waals surface area contributed by atoms with Gasteiger partial charge in [0, 0.05) is 0 Å². The Labute approximate surface area is 101 Å². The van der Waals surface area contributed by atoms with Crippen molar-refractivity contribution in [2.45, 2.75) is 42.9 Å². The first-order valence-corrected chi connectivity index (χ1v) is 7.13. The Kier molecular flexibility index (Phi) is 3.79. The van der Waals surface area contributed by atoms with Crippen molar-refractivity contribution in [3.8, 4) is 0 Å². The Bertz CT molecular complexity index is 458. The summed E-state index contributed by atoms with van der Waals surface area (Å²) in [4.78, 5) is 0.0813. The molecule has 1 aliphatic carbocycles. The molecule has 0 spiro atoms. The van der Waals surface area contributed by atoms with E-state index in [0.29, 0.717) is 12.8 Å². The molecule has 0 radical (unpaired) electrons. The molecule has 0 aromatic heterocycles. The van der Waals surface area contributed by atoms with Crippen LogP contribution in [0.15, 0.2) is 35.2 Å². The molecule has 0 bridgehead atoms. The fourth-order valence-electron chi connectivity index (χ4n) is 1.97. The van der Waals surface area contributed by atoms with E-state index in [0.717, 1.165) is 12.8 Å². The van der Waals surface area contributed by atoms with Crippen LogP contribution in [0.3, 0.4) is 0 Å². The van der Waals surface area contributed by atoms with E-state index in [-0.39, 0.29) is 4.90 Å². The van der Waals surface area contributed by atoms with Gasteiger partial charge in [-0.05, 0) is 25.0 Å². The SMILES string of the molecule is O=S(=O)(OC1CCCCC1F)c1ccccc1. The molecule has 1 aromatic carbocycles. The van der Waals surface area contributed by atoms with E-state index in [9.17, 15) is 12.8 Å². The molecule has 0 aliphatic heterocycles. The second-order valence-corrected chi connectivity index (χ2v) is 5.77. The molecule has 2 unspecified atom stereocenters. The second-order valence-electron chi connectivity index (χ2n) is 4.20. The maximum atomic E-state index is 13.5. The van der Waals surface area contributed by atoms with Gasteiger partial charge in [0.1, 0.15) is 12.3 Å². The molecule has 5 heteroatoms. The third-order valence-electron chi connectivity index (χ3n) is 2.90. The third-order valence-corrected chi connectivity index (χ3v) is 4.25. The number of rotatable bonds is 3. The first-order valence-electron chi connectivity index (χ1n) is 5.72. The molecule has 0 heterocycles. The molecule has 0 saturated heterocycles. The molecule has 17 heavy (non-hydrogen) atoms. The van der Waals surface area contributed by atoms with Gasteiger partial charge in [-0.1, -0.05) is 31.0 Å². The molecule has 1 fully saturated rings. The van der Waals surface area contributed by atoms with Gasteiger partial charge in [0.15, 0.2) is 0 Å². The largest absolute Gasteiger partial charge is 0.297 e. The Balaban J connectivity index is 2.12. The van der Waals surface area contributed by atoms with Crippen LogP contribution < -0.4 is 0 Å². The van der Waals surface area contributed by atoms with Crippen LogP contribution >= 0.6 is 0 Å². The normalized spacial score (nSPS) is 25.7. The van der Waals surface area contributed by atoms with Gasteiger partial charge >= 0.3 is 0 Å². The average Bonchev–Trinajstić information content (AvgIpc) is 2.33. The molecule has 1 aliphatic rings. The highest BCUT2D eigenvalue weighted by atomic mass is 32.2. The predicted octanol–water partition coefficient (Wildman–Crippen LogP) is 2.67. The van der Waals surface area contributed by atoms with Crippen molar-refractivity contribution in [3.63, 3.8) is 0 Å². The Morgan fingerprint density at radius 2 is 1.76 bits per heavy atom. The van der Waals surface area contributed by atoms with Gasteiger partial charge in [0.25, 0.3) is 10.1 Å². The van der Waals surface area contributed by atoms with Crippen molar-refractivity contribution >= 4 is 10.1 Å². The Morgan fingerprint density at radius 1 is 1.12 bits per heavy atom. The van der Waals surface area contributed by atoms with Crippen molar-refractivity contribution in [2.75, 3.05) is 0 Å². The minimum absolute atomic E-state index is 0.0813. The van der Waals surface area contributed by atoms with Crippen LogP contribution in [0.4, 0.5) is 4.39 Å². The lowest BCUT2D eigenvalue weighted by atomic mass is 9.96. The summed E-state index contributed by atoms with van der Waals surface area (Å²) in [6, 6.07) is 7.85. The van der Waals surface area contributed by atoms with Crippen LogP contribution in [0.1, 0.15) is 25.7 Å². The molecule has 2 atom stereocenters. The van der Waals surface area contributed by atoms with Gasteiger partial charge in [0.05, 0.1) is 4.90 Å². The van der Waals surface area contributed by atoms with Crippen LogP contribution in [0.2, 0.25) is 0 Å². The first-order chi connectivity index (χ1) is 8.09. The predicted molar refractivity (Wildman–Crippen MR) is 61.9 cm³/mol. The smallest absolute Gasteiger partial charge is 0.260 e. The van der Waals surface area contributed by atoms with Crippen molar-refractivity contribution in [1.29, 1.82) is 0 Å². The Hall–Kier alpha value is -0.940. The van der Waals surface area contributed by atoms with Crippen LogP contribution in [0.5, 0.6) is 0 Å². The van der Waals surface area contributed by atoms with Gasteiger partial charge in [-0.3, -0.25) is 4.18 Å². The highest BCUT2D eigenvalue weighted by Gasteiger charge is 2.30. The molecule has 0 amide bonds. The number of benzene rings is 1. The van der Waals surface area contributed by atoms with Crippen molar-refractivity contribution in [3.05, 3.63) is 30.3 Å². The first kappa shape index (κ1) is 12.5. The van der Waals surface area contributed by atoms with Crippen LogP contribution in [0.25, 0.3) is 0 Å². The van der Waals surface area contributed by atoms with E-state index >= 15 is 0 Å². The quantitative estimate of drug-likeness (QED) is 0.783. The lowest BCUT2D eigenvalue weighted by molar-refractivity contribution is 0.0689. The summed E-state index contributed by atoms with van der Waals surface area (Å²) in [7, 11) is -3.83. The molecular weight excluding hydrogens is 243 g/mol. The molecule has 1 saturated carbocycles. The fraction of sp³-hybridized carbons (Fsp3) is 0.500. The van der Waals surface area contributed by atoms with Gasteiger partial charge in [-0.2, -0.15) is 8.42 Å². The van der Waals surface area contributed by atoms with Crippen LogP contribution in [-0.4, -0.2) is 20.7 Å². The number of hydrogen-bond donors (Lipinski definition) is 0. The second kappa shape index (κ2) is 5.14. The van der Waals surface area contributed by atoms with Crippen molar-refractivity contribution in [1.82, 2.24) is 0 Å². The molecular formula is C12H15FO3S. The number of alkyl halides is 1. The van der Waals surface area contributed by atoms with E-state index < -0.39 is 22.4 Å². The monoisotopic (exact) mass is 258 g/mol. The topological polar surface area (TPSA) is 43.4 Å². The minimum atomic E-state index is -3.83. The Morgan fingerprint density at radius 3 is 2.41 bits per heavy atom. The summed E-state index contributed by atoms with van der Waals surface area (Å²) < 4.78 is 42.2. The summed E-state index contributed by atoms with van der Waals surface area (Å²) in [6.07, 6.45) is 0.459. The minimum Gasteiger partial charge on any atom is -0.260 e. The van der Waals surface area contributed by atoms with Crippen molar-refractivity contribution < 1.29 is 17.0 Å². The summed E-state index contributed by atoms with van der Waals surface area (Å²) in [5, 5.41) is 0. The lowest BCUT2D eigenvalue weighted by Gasteiger charge is -2.25. The maximum absolute atomic E-state index is 13.5. The molecule has 0 N–H and O–H groups in total. The lowest BCUT2D eigenvalue weighted by Crippen LogP contribution is -2.31. The van der Waals surface area contributed by atoms with E-state index in [2.05, 4.69) is 0 Å². The highest BCUT2D eigenvalue weighted by Crippen LogP contribution is 2.26.